The summed E-state index contributed by atoms with van der Waals surface area (Å²) in [5, 5.41) is 0. The Morgan fingerprint density at radius 3 is 2.92 bits per heavy atom. The molecule has 1 fully saturated rings. The third-order valence-electron chi connectivity index (χ3n) is 4.29. The number of amides is 1. The van der Waals surface area contributed by atoms with E-state index in [0.717, 1.165) is 30.8 Å². The zero-order chi connectivity index (χ0) is 16.9. The van der Waals surface area contributed by atoms with Gasteiger partial charge in [0.25, 0.3) is 5.91 Å². The van der Waals surface area contributed by atoms with Gasteiger partial charge >= 0.3 is 0 Å². The average molecular weight is 342 g/mol. The number of carbonyl (C=O) groups excluding carboxylic acids is 1. The zero-order valence-electron chi connectivity index (χ0n) is 13.8. The Balaban J connectivity index is 1.90. The Morgan fingerprint density at radius 2 is 2.17 bits per heavy atom. The summed E-state index contributed by atoms with van der Waals surface area (Å²) in [7, 11) is 0. The van der Waals surface area contributed by atoms with Crippen LogP contribution in [0.3, 0.4) is 0 Å². The minimum Gasteiger partial charge on any atom is -0.368 e. The number of nitrogens with two attached hydrogens (primary N) is 1. The van der Waals surface area contributed by atoms with E-state index in [1.54, 1.807) is 6.20 Å². The lowest BCUT2D eigenvalue weighted by Crippen LogP contribution is -2.41. The molecule has 126 valence electrons. The first kappa shape index (κ1) is 16.8. The van der Waals surface area contributed by atoms with Crippen LogP contribution in [0.4, 0.5) is 5.95 Å². The Hall–Kier alpha value is -2.08. The monoisotopic (exact) mass is 342 g/mol. The van der Waals surface area contributed by atoms with Crippen molar-refractivity contribution in [2.75, 3.05) is 30.8 Å². The molecule has 0 aliphatic carbocycles. The molecule has 1 aromatic heterocycles. The summed E-state index contributed by atoms with van der Waals surface area (Å²) in [6.07, 6.45) is 5.91. The summed E-state index contributed by atoms with van der Waals surface area (Å²) < 4.78 is 0. The second kappa shape index (κ2) is 7.66. The minimum absolute atomic E-state index is 0.000318. The number of rotatable bonds is 4. The van der Waals surface area contributed by atoms with Gasteiger partial charge in [-0.25, -0.2) is 9.97 Å². The lowest BCUT2D eigenvalue weighted by Gasteiger charge is -2.32. The third-order valence-corrected chi connectivity index (χ3v) is 5.10. The Labute approximate surface area is 146 Å². The standard InChI is InChI=1S/C18H22N4OS/c1-24-12-13-6-5-9-22(11-13)17(23)15-10-20-18(19)21-16(15)14-7-3-2-4-8-14/h2-4,7-8,10,13H,5-6,9,11-12H2,1H3,(H2,19,20,21)/t13-/m0/s1. The normalized spacial score (nSPS) is 17.7. The van der Waals surface area contributed by atoms with Gasteiger partial charge in [-0.3, -0.25) is 4.79 Å². The van der Waals surface area contributed by atoms with Gasteiger partial charge in [0.1, 0.15) is 0 Å². The number of nitrogens with zero attached hydrogens (tertiary/aromatic N) is 3. The van der Waals surface area contributed by atoms with Crippen LogP contribution in [0.2, 0.25) is 0 Å². The average Bonchev–Trinajstić information content (AvgIpc) is 2.62. The van der Waals surface area contributed by atoms with Crippen molar-refractivity contribution in [3.63, 3.8) is 0 Å². The lowest BCUT2D eigenvalue weighted by atomic mass is 9.98. The van der Waals surface area contributed by atoms with Crippen molar-refractivity contribution in [1.29, 1.82) is 0 Å². The molecule has 2 N–H and O–H groups in total. The molecule has 0 radical (unpaired) electrons. The maximum Gasteiger partial charge on any atom is 0.257 e. The first-order chi connectivity index (χ1) is 11.7. The van der Waals surface area contributed by atoms with E-state index < -0.39 is 0 Å². The molecule has 1 saturated heterocycles. The van der Waals surface area contributed by atoms with E-state index in [4.69, 9.17) is 5.73 Å². The van der Waals surface area contributed by atoms with Gasteiger partial charge < -0.3 is 10.6 Å². The molecule has 0 saturated carbocycles. The fraction of sp³-hybridized carbons (Fsp3) is 0.389. The fourth-order valence-corrected chi connectivity index (χ4v) is 3.90. The molecule has 24 heavy (non-hydrogen) atoms. The molecule has 3 rings (SSSR count). The van der Waals surface area contributed by atoms with Crippen LogP contribution < -0.4 is 5.73 Å². The Bertz CT molecular complexity index is 705. The van der Waals surface area contributed by atoms with Crippen molar-refractivity contribution in [3.8, 4) is 11.3 Å². The number of thioether (sulfide) groups is 1. The molecule has 1 aromatic carbocycles. The molecule has 2 heterocycles. The van der Waals surface area contributed by atoms with Crippen LogP contribution in [-0.4, -0.2) is 45.9 Å². The minimum atomic E-state index is -0.000318. The van der Waals surface area contributed by atoms with Gasteiger partial charge in [0.05, 0.1) is 11.3 Å². The molecule has 0 bridgehead atoms. The maximum atomic E-state index is 13.1. The van der Waals surface area contributed by atoms with Gasteiger partial charge in [-0.15, -0.1) is 0 Å². The predicted molar refractivity (Wildman–Crippen MR) is 98.9 cm³/mol. The van der Waals surface area contributed by atoms with Gasteiger partial charge in [0.2, 0.25) is 5.95 Å². The number of carbonyl (C=O) groups is 1. The number of piperidine rings is 1. The highest BCUT2D eigenvalue weighted by Crippen LogP contribution is 2.26. The van der Waals surface area contributed by atoms with E-state index >= 15 is 0 Å². The zero-order valence-corrected chi connectivity index (χ0v) is 14.6. The van der Waals surface area contributed by atoms with Crippen LogP contribution in [0.15, 0.2) is 36.5 Å². The van der Waals surface area contributed by atoms with Gasteiger partial charge in [0.15, 0.2) is 0 Å². The molecule has 1 aliphatic rings. The number of benzene rings is 1. The Morgan fingerprint density at radius 1 is 1.38 bits per heavy atom. The van der Waals surface area contributed by atoms with Gasteiger partial charge in [-0.05, 0) is 30.8 Å². The van der Waals surface area contributed by atoms with E-state index in [2.05, 4.69) is 16.2 Å². The maximum absolute atomic E-state index is 13.1. The number of aromatic nitrogens is 2. The first-order valence-electron chi connectivity index (χ1n) is 8.15. The van der Waals surface area contributed by atoms with Crippen LogP contribution in [0.1, 0.15) is 23.2 Å². The van der Waals surface area contributed by atoms with Crippen molar-refractivity contribution in [3.05, 3.63) is 42.1 Å². The second-order valence-electron chi connectivity index (χ2n) is 6.07. The van der Waals surface area contributed by atoms with Crippen LogP contribution >= 0.6 is 11.8 Å². The van der Waals surface area contributed by atoms with E-state index in [0.29, 0.717) is 17.2 Å². The Kier molecular flexibility index (Phi) is 5.35. The molecule has 1 amide bonds. The highest BCUT2D eigenvalue weighted by Gasteiger charge is 2.26. The molecular weight excluding hydrogens is 320 g/mol. The van der Waals surface area contributed by atoms with E-state index in [-0.39, 0.29) is 11.9 Å². The molecule has 1 aliphatic heterocycles. The predicted octanol–water partition coefficient (Wildman–Crippen LogP) is 2.94. The van der Waals surface area contributed by atoms with Gasteiger partial charge in [-0.1, -0.05) is 30.3 Å². The molecule has 6 heteroatoms. The summed E-state index contributed by atoms with van der Waals surface area (Å²) in [5.41, 5.74) is 7.78. The molecule has 0 unspecified atom stereocenters. The molecule has 1 atom stereocenters. The molecule has 0 spiro atoms. The summed E-state index contributed by atoms with van der Waals surface area (Å²) >= 11 is 1.84. The van der Waals surface area contributed by atoms with Gasteiger partial charge in [-0.2, -0.15) is 11.8 Å². The molecule has 2 aromatic rings. The van der Waals surface area contributed by atoms with E-state index in [9.17, 15) is 4.79 Å². The summed E-state index contributed by atoms with van der Waals surface area (Å²) in [5.74, 6) is 1.84. The van der Waals surface area contributed by atoms with E-state index in [1.807, 2.05) is 47.0 Å². The quantitative estimate of drug-likeness (QED) is 0.925. The number of anilines is 1. The summed E-state index contributed by atoms with van der Waals surface area (Å²) in [6, 6.07) is 9.67. The topological polar surface area (TPSA) is 72.1 Å². The number of nitrogen functional groups attached to an aromatic ring is 1. The van der Waals surface area contributed by atoms with Crippen LogP contribution in [0, 0.1) is 5.92 Å². The first-order valence-corrected chi connectivity index (χ1v) is 9.54. The van der Waals surface area contributed by atoms with Crippen molar-refractivity contribution < 1.29 is 4.79 Å². The number of likely N-dealkylation sites (tertiary alicyclic amines) is 1. The summed E-state index contributed by atoms with van der Waals surface area (Å²) in [4.78, 5) is 23.4. The highest BCUT2D eigenvalue weighted by atomic mass is 32.2. The third kappa shape index (κ3) is 3.70. The fourth-order valence-electron chi connectivity index (χ4n) is 3.16. The van der Waals surface area contributed by atoms with Crippen molar-refractivity contribution in [1.82, 2.24) is 14.9 Å². The van der Waals surface area contributed by atoms with Crippen molar-refractivity contribution >= 4 is 23.6 Å². The number of hydrogen-bond donors (Lipinski definition) is 1. The second-order valence-corrected chi connectivity index (χ2v) is 6.98. The van der Waals surface area contributed by atoms with Crippen molar-refractivity contribution in [2.45, 2.75) is 12.8 Å². The van der Waals surface area contributed by atoms with Crippen LogP contribution in [-0.2, 0) is 0 Å². The number of hydrogen-bond acceptors (Lipinski definition) is 5. The van der Waals surface area contributed by atoms with E-state index in [1.165, 1.54) is 6.42 Å². The SMILES string of the molecule is CSC[C@H]1CCCN(C(=O)c2cnc(N)nc2-c2ccccc2)C1. The largest absolute Gasteiger partial charge is 0.368 e. The van der Waals surface area contributed by atoms with Crippen LogP contribution in [0.25, 0.3) is 11.3 Å². The highest BCUT2D eigenvalue weighted by molar-refractivity contribution is 7.98. The lowest BCUT2D eigenvalue weighted by molar-refractivity contribution is 0.0685. The molecular formula is C18H22N4OS. The smallest absolute Gasteiger partial charge is 0.257 e. The van der Waals surface area contributed by atoms with Gasteiger partial charge in [0, 0.05) is 24.8 Å². The van der Waals surface area contributed by atoms with Crippen molar-refractivity contribution in [2.24, 2.45) is 5.92 Å². The van der Waals surface area contributed by atoms with Crippen LogP contribution in [0.5, 0.6) is 0 Å². The summed E-state index contributed by atoms with van der Waals surface area (Å²) in [6.45, 7) is 1.60. The molecule has 5 nitrogen and oxygen atoms in total.